The highest BCUT2D eigenvalue weighted by Gasteiger charge is 2.19. The van der Waals surface area contributed by atoms with Crippen molar-refractivity contribution < 1.29 is 9.18 Å². The zero-order chi connectivity index (χ0) is 18.1. The molecule has 0 aliphatic rings. The van der Waals surface area contributed by atoms with Gasteiger partial charge in [-0.3, -0.25) is 14.2 Å². The molecular formula is C18H18FN3O2S. The van der Waals surface area contributed by atoms with Gasteiger partial charge < -0.3 is 5.32 Å². The van der Waals surface area contributed by atoms with E-state index in [0.717, 1.165) is 0 Å². The lowest BCUT2D eigenvalue weighted by atomic mass is 10.2. The van der Waals surface area contributed by atoms with Crippen molar-refractivity contribution >= 4 is 27.5 Å². The normalized spacial score (nSPS) is 11.2. The van der Waals surface area contributed by atoms with Gasteiger partial charge in [0.2, 0.25) is 0 Å². The Morgan fingerprint density at radius 1 is 1.40 bits per heavy atom. The molecule has 0 fully saturated rings. The van der Waals surface area contributed by atoms with Gasteiger partial charge in [-0.25, -0.2) is 9.37 Å². The summed E-state index contributed by atoms with van der Waals surface area (Å²) in [5.41, 5.74) is 1.07. The van der Waals surface area contributed by atoms with Gasteiger partial charge in [0.15, 0.2) is 0 Å². The Kier molecular flexibility index (Phi) is 4.67. The molecule has 0 aliphatic carbocycles. The highest BCUT2D eigenvalue weighted by atomic mass is 32.1. The summed E-state index contributed by atoms with van der Waals surface area (Å²) in [4.78, 5) is 30.4. The number of halogens is 1. The van der Waals surface area contributed by atoms with Gasteiger partial charge in [0.1, 0.15) is 10.6 Å². The van der Waals surface area contributed by atoms with Crippen LogP contribution in [0.25, 0.3) is 10.2 Å². The highest BCUT2D eigenvalue weighted by molar-refractivity contribution is 7.20. The second kappa shape index (κ2) is 6.76. The molecule has 7 heteroatoms. The van der Waals surface area contributed by atoms with Crippen molar-refractivity contribution in [2.45, 2.75) is 33.4 Å². The Hall–Kier alpha value is -2.54. The van der Waals surface area contributed by atoms with Crippen LogP contribution in [0.1, 0.15) is 34.6 Å². The predicted molar refractivity (Wildman–Crippen MR) is 96.7 cm³/mol. The molecule has 130 valence electrons. The maximum absolute atomic E-state index is 13.3. The minimum Gasteiger partial charge on any atom is -0.349 e. The van der Waals surface area contributed by atoms with Crippen molar-refractivity contribution in [3.8, 4) is 0 Å². The number of hydrogen-bond donors (Lipinski definition) is 1. The molecule has 0 aliphatic heterocycles. The van der Waals surface area contributed by atoms with Crippen LogP contribution in [-0.2, 0) is 6.54 Å². The summed E-state index contributed by atoms with van der Waals surface area (Å²) >= 11 is 1.21. The van der Waals surface area contributed by atoms with Gasteiger partial charge >= 0.3 is 0 Å². The molecule has 0 saturated heterocycles. The molecule has 0 bridgehead atoms. The molecule has 3 rings (SSSR count). The fourth-order valence-corrected chi connectivity index (χ4v) is 3.69. The second-order valence-electron chi connectivity index (χ2n) is 6.17. The van der Waals surface area contributed by atoms with Crippen LogP contribution < -0.4 is 10.9 Å². The van der Waals surface area contributed by atoms with E-state index in [1.54, 1.807) is 19.1 Å². The summed E-state index contributed by atoms with van der Waals surface area (Å²) in [6.45, 7) is 5.74. The molecule has 0 spiro atoms. The van der Waals surface area contributed by atoms with Crippen LogP contribution in [-0.4, -0.2) is 21.5 Å². The largest absolute Gasteiger partial charge is 0.349 e. The third kappa shape index (κ3) is 3.46. The van der Waals surface area contributed by atoms with Crippen LogP contribution in [0.5, 0.6) is 0 Å². The van der Waals surface area contributed by atoms with Crippen molar-refractivity contribution in [3.05, 3.63) is 62.8 Å². The Morgan fingerprint density at radius 3 is 2.84 bits per heavy atom. The number of hydrogen-bond acceptors (Lipinski definition) is 4. The standard InChI is InChI=1S/C18H18FN3O2S/c1-10(2)21-16(23)15-11(3)14-17(25-15)20-9-22(18(14)24)8-12-5-4-6-13(19)7-12/h4-7,9-10H,8H2,1-3H3,(H,21,23). The smallest absolute Gasteiger partial charge is 0.262 e. The summed E-state index contributed by atoms with van der Waals surface area (Å²) < 4.78 is 14.8. The van der Waals surface area contributed by atoms with E-state index in [-0.39, 0.29) is 29.9 Å². The number of thiophene rings is 1. The number of fused-ring (bicyclic) bond motifs is 1. The third-order valence-electron chi connectivity index (χ3n) is 3.79. The minimum atomic E-state index is -0.348. The van der Waals surface area contributed by atoms with Gasteiger partial charge in [-0.05, 0) is 44.0 Å². The molecular weight excluding hydrogens is 341 g/mol. The lowest BCUT2D eigenvalue weighted by molar-refractivity contribution is 0.0946. The van der Waals surface area contributed by atoms with Crippen molar-refractivity contribution in [1.29, 1.82) is 0 Å². The molecule has 1 aromatic carbocycles. The van der Waals surface area contributed by atoms with E-state index in [0.29, 0.717) is 26.2 Å². The number of carbonyl (C=O) groups is 1. The van der Waals surface area contributed by atoms with Gasteiger partial charge in [0.25, 0.3) is 11.5 Å². The maximum atomic E-state index is 13.3. The van der Waals surface area contributed by atoms with E-state index < -0.39 is 0 Å². The molecule has 2 aromatic heterocycles. The average Bonchev–Trinajstić information content (AvgIpc) is 2.87. The fourth-order valence-electron chi connectivity index (χ4n) is 2.65. The Morgan fingerprint density at radius 2 is 2.16 bits per heavy atom. The van der Waals surface area contributed by atoms with Gasteiger partial charge in [-0.2, -0.15) is 0 Å². The first-order valence-electron chi connectivity index (χ1n) is 7.90. The van der Waals surface area contributed by atoms with E-state index in [2.05, 4.69) is 10.3 Å². The molecule has 1 N–H and O–H groups in total. The summed E-state index contributed by atoms with van der Waals surface area (Å²) in [6.07, 6.45) is 1.44. The fraction of sp³-hybridized carbons (Fsp3) is 0.278. The monoisotopic (exact) mass is 359 g/mol. The topological polar surface area (TPSA) is 64.0 Å². The van der Waals surface area contributed by atoms with E-state index >= 15 is 0 Å². The molecule has 0 saturated carbocycles. The maximum Gasteiger partial charge on any atom is 0.262 e. The van der Waals surface area contributed by atoms with Crippen molar-refractivity contribution in [2.75, 3.05) is 0 Å². The SMILES string of the molecule is Cc1c(C(=O)NC(C)C)sc2ncn(Cc3cccc(F)c3)c(=O)c12. The number of carbonyl (C=O) groups excluding carboxylic acids is 1. The van der Waals surface area contributed by atoms with Crippen LogP contribution in [0.15, 0.2) is 35.4 Å². The number of amides is 1. The molecule has 25 heavy (non-hydrogen) atoms. The lowest BCUT2D eigenvalue weighted by Crippen LogP contribution is -2.30. The summed E-state index contributed by atoms with van der Waals surface area (Å²) in [7, 11) is 0. The van der Waals surface area contributed by atoms with E-state index in [1.165, 1.54) is 34.4 Å². The summed E-state index contributed by atoms with van der Waals surface area (Å²) in [5.74, 6) is -0.550. The number of aryl methyl sites for hydroxylation is 1. The van der Waals surface area contributed by atoms with E-state index in [9.17, 15) is 14.0 Å². The van der Waals surface area contributed by atoms with Gasteiger partial charge in [-0.15, -0.1) is 11.3 Å². The van der Waals surface area contributed by atoms with Gasteiger partial charge in [-0.1, -0.05) is 12.1 Å². The average molecular weight is 359 g/mol. The lowest BCUT2D eigenvalue weighted by Gasteiger charge is -2.07. The zero-order valence-corrected chi connectivity index (χ0v) is 15.0. The number of rotatable bonds is 4. The van der Waals surface area contributed by atoms with E-state index in [4.69, 9.17) is 0 Å². The Labute approximate surface area is 148 Å². The molecule has 1 amide bonds. The molecule has 3 aromatic rings. The molecule has 2 heterocycles. The van der Waals surface area contributed by atoms with Crippen molar-refractivity contribution in [2.24, 2.45) is 0 Å². The first-order chi connectivity index (χ1) is 11.9. The van der Waals surface area contributed by atoms with Crippen molar-refractivity contribution in [3.63, 3.8) is 0 Å². The van der Waals surface area contributed by atoms with E-state index in [1.807, 2.05) is 13.8 Å². The quantitative estimate of drug-likeness (QED) is 0.779. The Bertz CT molecular complexity index is 1010. The minimum absolute atomic E-state index is 0.00899. The Balaban J connectivity index is 2.04. The first kappa shape index (κ1) is 17.3. The zero-order valence-electron chi connectivity index (χ0n) is 14.2. The van der Waals surface area contributed by atoms with Crippen molar-refractivity contribution in [1.82, 2.24) is 14.9 Å². The number of benzene rings is 1. The van der Waals surface area contributed by atoms with Gasteiger partial charge in [0.05, 0.1) is 23.1 Å². The number of nitrogens with one attached hydrogen (secondary N) is 1. The number of nitrogens with zero attached hydrogens (tertiary/aromatic N) is 2. The second-order valence-corrected chi connectivity index (χ2v) is 7.17. The number of aromatic nitrogens is 2. The van der Waals surface area contributed by atoms with Gasteiger partial charge in [0, 0.05) is 6.04 Å². The molecule has 5 nitrogen and oxygen atoms in total. The van der Waals surface area contributed by atoms with Crippen LogP contribution >= 0.6 is 11.3 Å². The summed E-state index contributed by atoms with van der Waals surface area (Å²) in [5, 5.41) is 3.28. The molecule has 0 radical (unpaired) electrons. The molecule has 0 unspecified atom stereocenters. The molecule has 0 atom stereocenters. The third-order valence-corrected chi connectivity index (χ3v) is 4.98. The predicted octanol–water partition coefficient (Wildman–Crippen LogP) is 3.09. The highest BCUT2D eigenvalue weighted by Crippen LogP contribution is 2.26. The van der Waals surface area contributed by atoms with Crippen LogP contribution in [0.4, 0.5) is 4.39 Å². The van der Waals surface area contributed by atoms with Crippen LogP contribution in [0.2, 0.25) is 0 Å². The summed E-state index contributed by atoms with van der Waals surface area (Å²) in [6, 6.07) is 6.11. The van der Waals surface area contributed by atoms with Crippen LogP contribution in [0, 0.1) is 12.7 Å². The first-order valence-corrected chi connectivity index (χ1v) is 8.72. The van der Waals surface area contributed by atoms with Crippen LogP contribution in [0.3, 0.4) is 0 Å².